The number of nitrogens with two attached hydrogens (primary N) is 1. The predicted octanol–water partition coefficient (Wildman–Crippen LogP) is 2.94. The fraction of sp³-hybridized carbons (Fsp3) is 0.429. The maximum Gasteiger partial charge on any atom is 0.437 e. The number of non-ortho nitro benzene ring substituents is 2. The zero-order valence-electron chi connectivity index (χ0n) is 24.4. The molecule has 3 atom stereocenters. The maximum atomic E-state index is 13.2. The Hall–Kier alpha value is -4.77. The highest BCUT2D eigenvalue weighted by Crippen LogP contribution is 2.26. The molecule has 3 amide bonds. The summed E-state index contributed by atoms with van der Waals surface area (Å²) in [6.07, 6.45) is -0.817. The van der Waals surface area contributed by atoms with Gasteiger partial charge in [0.15, 0.2) is 0 Å². The van der Waals surface area contributed by atoms with Gasteiger partial charge in [-0.1, -0.05) is 0 Å². The number of benzene rings is 2. The van der Waals surface area contributed by atoms with Crippen molar-refractivity contribution in [3.05, 3.63) is 79.9 Å². The van der Waals surface area contributed by atoms with Gasteiger partial charge < -0.3 is 20.1 Å². The van der Waals surface area contributed by atoms with Crippen LogP contribution in [0.5, 0.6) is 0 Å². The number of nitro benzene ring substituents is 2. The zero-order chi connectivity index (χ0) is 32.7. The van der Waals surface area contributed by atoms with Crippen molar-refractivity contribution >= 4 is 48.1 Å². The van der Waals surface area contributed by atoms with Crippen molar-refractivity contribution in [1.82, 2.24) is 14.7 Å². The number of rotatable bonds is 9. The summed E-state index contributed by atoms with van der Waals surface area (Å²) in [5.41, 5.74) is 6.80. The molecule has 2 aromatic rings. The SMILES string of the molecule is CN1C[C@@H](S)C[C@H]1C(=O)N1CC[C@H](CN(C(=O)OCc2ccc([N+](=O)[O-])cc2)C(N)=NC(=O)OCc2ccc([N+](=O)[O-])cc2)C1. The summed E-state index contributed by atoms with van der Waals surface area (Å²) in [7, 11) is 1.88. The van der Waals surface area contributed by atoms with Crippen LogP contribution in [0.2, 0.25) is 0 Å². The van der Waals surface area contributed by atoms with Crippen LogP contribution in [0, 0.1) is 26.1 Å². The minimum atomic E-state index is -1.10. The van der Waals surface area contributed by atoms with E-state index >= 15 is 0 Å². The monoisotopic (exact) mass is 643 g/mol. The molecule has 0 bridgehead atoms. The number of carbonyl (C=O) groups excluding carboxylic acids is 3. The van der Waals surface area contributed by atoms with Crippen LogP contribution in [0.25, 0.3) is 0 Å². The van der Waals surface area contributed by atoms with Gasteiger partial charge in [-0.25, -0.2) is 14.5 Å². The van der Waals surface area contributed by atoms with E-state index in [9.17, 15) is 34.6 Å². The number of hydrogen-bond acceptors (Lipinski definition) is 11. The lowest BCUT2D eigenvalue weighted by Gasteiger charge is -2.26. The summed E-state index contributed by atoms with van der Waals surface area (Å²) in [5.74, 6) is -0.708. The molecule has 45 heavy (non-hydrogen) atoms. The van der Waals surface area contributed by atoms with Crippen LogP contribution in [0.3, 0.4) is 0 Å². The van der Waals surface area contributed by atoms with E-state index in [1.807, 2.05) is 11.9 Å². The summed E-state index contributed by atoms with van der Waals surface area (Å²) in [6, 6.07) is 10.5. The Labute approximate surface area is 263 Å². The molecule has 0 aromatic heterocycles. The van der Waals surface area contributed by atoms with Crippen LogP contribution in [0.1, 0.15) is 24.0 Å². The van der Waals surface area contributed by atoms with Gasteiger partial charge in [-0.15, -0.1) is 4.99 Å². The third-order valence-electron chi connectivity index (χ3n) is 7.57. The predicted molar refractivity (Wildman–Crippen MR) is 163 cm³/mol. The standard InChI is InChI=1S/C28H33N7O9S/c1-31-15-23(45)12-24(31)25(36)32-11-10-20(13-32)14-33(28(38)44-17-19-4-8-22(9-5-19)35(41)42)26(29)30-27(37)43-16-18-2-6-21(7-3-18)34(39)40/h2-9,20,23-24,45H,10-17H2,1H3,(H2,29,30,37)/t20-,23-,24-/m0/s1. The molecule has 2 N–H and O–H groups in total. The van der Waals surface area contributed by atoms with Gasteiger partial charge in [-0.2, -0.15) is 12.6 Å². The Morgan fingerprint density at radius 2 is 1.53 bits per heavy atom. The number of carbonyl (C=O) groups is 3. The number of aliphatic imine (C=N–C) groups is 1. The highest BCUT2D eigenvalue weighted by Gasteiger charge is 2.38. The summed E-state index contributed by atoms with van der Waals surface area (Å²) in [4.78, 5) is 67.9. The van der Waals surface area contributed by atoms with Gasteiger partial charge in [0, 0.05) is 55.7 Å². The molecule has 0 saturated carbocycles. The third-order valence-corrected chi connectivity index (χ3v) is 7.95. The highest BCUT2D eigenvalue weighted by atomic mass is 32.1. The van der Waals surface area contributed by atoms with Crippen molar-refractivity contribution in [3.63, 3.8) is 0 Å². The van der Waals surface area contributed by atoms with E-state index < -0.39 is 28.0 Å². The zero-order valence-corrected chi connectivity index (χ0v) is 25.3. The van der Waals surface area contributed by atoms with Crippen LogP contribution >= 0.6 is 12.6 Å². The van der Waals surface area contributed by atoms with Crippen LogP contribution in [0.15, 0.2) is 53.5 Å². The number of thiol groups is 1. The van der Waals surface area contributed by atoms with E-state index in [1.54, 1.807) is 4.90 Å². The first-order valence-electron chi connectivity index (χ1n) is 14.0. The van der Waals surface area contributed by atoms with Crippen molar-refractivity contribution in [1.29, 1.82) is 0 Å². The highest BCUT2D eigenvalue weighted by molar-refractivity contribution is 7.81. The molecule has 240 valence electrons. The first-order chi connectivity index (χ1) is 21.4. The minimum Gasteiger partial charge on any atom is -0.444 e. The second-order valence-electron chi connectivity index (χ2n) is 10.8. The van der Waals surface area contributed by atoms with Crippen LogP contribution in [-0.4, -0.2) is 93.1 Å². The average molecular weight is 644 g/mol. The Kier molecular flexibility index (Phi) is 10.9. The topological polar surface area (TPSA) is 204 Å². The molecule has 2 saturated heterocycles. The molecule has 2 fully saturated rings. The molecular formula is C28H33N7O9S. The van der Waals surface area contributed by atoms with Crippen LogP contribution in [0.4, 0.5) is 21.0 Å². The second-order valence-corrected chi connectivity index (χ2v) is 11.6. The average Bonchev–Trinajstić information content (AvgIpc) is 3.62. The molecule has 0 unspecified atom stereocenters. The number of amides is 3. The lowest BCUT2D eigenvalue weighted by Crippen LogP contribution is -2.46. The van der Waals surface area contributed by atoms with E-state index in [0.717, 1.165) is 4.90 Å². The van der Waals surface area contributed by atoms with E-state index in [1.165, 1.54) is 48.5 Å². The molecule has 2 aromatic carbocycles. The summed E-state index contributed by atoms with van der Waals surface area (Å²) < 4.78 is 10.5. The van der Waals surface area contributed by atoms with E-state index in [0.29, 0.717) is 43.6 Å². The number of hydrogen-bond donors (Lipinski definition) is 2. The van der Waals surface area contributed by atoms with Crippen molar-refractivity contribution in [2.45, 2.75) is 37.3 Å². The number of nitro groups is 2. The van der Waals surface area contributed by atoms with Crippen molar-refractivity contribution in [2.75, 3.05) is 33.2 Å². The fourth-order valence-electron chi connectivity index (χ4n) is 5.16. The van der Waals surface area contributed by atoms with Crippen LogP contribution < -0.4 is 5.73 Å². The smallest absolute Gasteiger partial charge is 0.437 e. The molecular weight excluding hydrogens is 610 g/mol. The molecule has 0 aliphatic carbocycles. The molecule has 16 nitrogen and oxygen atoms in total. The lowest BCUT2D eigenvalue weighted by molar-refractivity contribution is -0.385. The number of guanidine groups is 1. The quantitative estimate of drug-likeness (QED) is 0.134. The molecule has 4 rings (SSSR count). The Bertz CT molecular complexity index is 1460. The number of likely N-dealkylation sites (tertiary alicyclic amines) is 2. The summed E-state index contributed by atoms with van der Waals surface area (Å²) >= 11 is 4.50. The van der Waals surface area contributed by atoms with Crippen LogP contribution in [-0.2, 0) is 27.5 Å². The molecule has 2 heterocycles. The normalized spacial score (nSPS) is 20.1. The van der Waals surface area contributed by atoms with Crippen molar-refractivity contribution in [2.24, 2.45) is 16.6 Å². The van der Waals surface area contributed by atoms with Gasteiger partial charge in [0.2, 0.25) is 11.9 Å². The molecule has 0 radical (unpaired) electrons. The minimum absolute atomic E-state index is 0.0104. The first kappa shape index (κ1) is 33.1. The third kappa shape index (κ3) is 8.89. The molecule has 0 spiro atoms. The van der Waals surface area contributed by atoms with Crippen molar-refractivity contribution < 1.29 is 33.7 Å². The van der Waals surface area contributed by atoms with Crippen molar-refractivity contribution in [3.8, 4) is 0 Å². The molecule has 17 heteroatoms. The lowest BCUT2D eigenvalue weighted by atomic mass is 10.1. The van der Waals surface area contributed by atoms with E-state index in [2.05, 4.69) is 17.6 Å². The van der Waals surface area contributed by atoms with Gasteiger partial charge in [0.1, 0.15) is 13.2 Å². The second kappa shape index (κ2) is 14.8. The van der Waals surface area contributed by atoms with Gasteiger partial charge in [-0.3, -0.25) is 29.9 Å². The van der Waals surface area contributed by atoms with Gasteiger partial charge in [0.25, 0.3) is 11.4 Å². The fourth-order valence-corrected chi connectivity index (χ4v) is 5.61. The number of nitrogens with zero attached hydrogens (tertiary/aromatic N) is 6. The largest absolute Gasteiger partial charge is 0.444 e. The summed E-state index contributed by atoms with van der Waals surface area (Å²) in [6.45, 7) is 1.04. The molecule has 2 aliphatic heterocycles. The van der Waals surface area contributed by atoms with Gasteiger partial charge in [-0.05, 0) is 61.2 Å². The van der Waals surface area contributed by atoms with E-state index in [-0.39, 0.29) is 54.3 Å². The number of likely N-dealkylation sites (N-methyl/N-ethyl adjacent to an activating group) is 1. The maximum absolute atomic E-state index is 13.2. The van der Waals surface area contributed by atoms with E-state index in [4.69, 9.17) is 15.2 Å². The first-order valence-corrected chi connectivity index (χ1v) is 14.5. The number of ether oxygens (including phenoxy) is 2. The molecule has 2 aliphatic rings. The Balaban J connectivity index is 1.42. The van der Waals surface area contributed by atoms with Gasteiger partial charge >= 0.3 is 12.2 Å². The van der Waals surface area contributed by atoms with Gasteiger partial charge in [0.05, 0.1) is 15.9 Å². The Morgan fingerprint density at radius 1 is 0.978 bits per heavy atom. The summed E-state index contributed by atoms with van der Waals surface area (Å²) in [5, 5.41) is 21.9. The Morgan fingerprint density at radius 3 is 2.04 bits per heavy atom.